The number of hydrogen-bond donors (Lipinski definition) is 1. The third-order valence-electron chi connectivity index (χ3n) is 5.98. The third kappa shape index (κ3) is 4.78. The van der Waals surface area contributed by atoms with Gasteiger partial charge in [-0.3, -0.25) is 4.90 Å². The van der Waals surface area contributed by atoms with Crippen molar-refractivity contribution in [3.05, 3.63) is 107 Å². The van der Waals surface area contributed by atoms with Crippen LogP contribution in [0.15, 0.2) is 84.9 Å². The van der Waals surface area contributed by atoms with E-state index in [9.17, 15) is 9.50 Å². The first-order chi connectivity index (χ1) is 14.6. The maximum atomic E-state index is 13.7. The lowest BCUT2D eigenvalue weighted by Gasteiger charge is -2.41. The van der Waals surface area contributed by atoms with E-state index in [1.54, 1.807) is 12.1 Å². The van der Waals surface area contributed by atoms with Gasteiger partial charge in [0, 0.05) is 32.0 Å². The fraction of sp³-hybridized carbons (Fsp3) is 0.308. The first-order valence-corrected chi connectivity index (χ1v) is 10.5. The SMILES string of the molecule is OC(Cc1ccccc1)(c1ccc(F)cc1)C(CN1CCOCC1)c1ccccc1. The van der Waals surface area contributed by atoms with Crippen LogP contribution in [0, 0.1) is 5.82 Å². The van der Waals surface area contributed by atoms with E-state index in [-0.39, 0.29) is 11.7 Å². The Morgan fingerprint density at radius 3 is 2.10 bits per heavy atom. The topological polar surface area (TPSA) is 32.7 Å². The summed E-state index contributed by atoms with van der Waals surface area (Å²) in [6, 6.07) is 26.5. The molecule has 30 heavy (non-hydrogen) atoms. The average molecular weight is 406 g/mol. The van der Waals surface area contributed by atoms with Crippen LogP contribution < -0.4 is 0 Å². The van der Waals surface area contributed by atoms with Gasteiger partial charge in [-0.2, -0.15) is 0 Å². The van der Waals surface area contributed by atoms with Gasteiger partial charge in [-0.1, -0.05) is 72.8 Å². The molecule has 1 fully saturated rings. The largest absolute Gasteiger partial charge is 0.384 e. The molecule has 4 rings (SSSR count). The molecule has 3 aromatic rings. The van der Waals surface area contributed by atoms with Crippen molar-refractivity contribution in [2.24, 2.45) is 0 Å². The minimum absolute atomic E-state index is 0.178. The smallest absolute Gasteiger partial charge is 0.123 e. The molecule has 2 atom stereocenters. The Hall–Kier alpha value is -2.53. The maximum absolute atomic E-state index is 13.7. The van der Waals surface area contributed by atoms with Crippen LogP contribution in [0.2, 0.25) is 0 Å². The van der Waals surface area contributed by atoms with E-state index in [0.717, 1.165) is 29.8 Å². The summed E-state index contributed by atoms with van der Waals surface area (Å²) in [6.07, 6.45) is 0.448. The van der Waals surface area contributed by atoms with Gasteiger partial charge < -0.3 is 9.84 Å². The maximum Gasteiger partial charge on any atom is 0.123 e. The summed E-state index contributed by atoms with van der Waals surface area (Å²) in [5.41, 5.74) is 1.67. The normalized spacial score (nSPS) is 17.9. The quantitative estimate of drug-likeness (QED) is 0.634. The molecule has 0 spiro atoms. The second-order valence-electron chi connectivity index (χ2n) is 7.97. The second-order valence-corrected chi connectivity index (χ2v) is 7.97. The number of hydrogen-bond acceptors (Lipinski definition) is 3. The molecule has 3 aromatic carbocycles. The summed E-state index contributed by atoms with van der Waals surface area (Å²) in [5.74, 6) is -0.479. The molecule has 0 amide bonds. The highest BCUT2D eigenvalue weighted by atomic mass is 19.1. The lowest BCUT2D eigenvalue weighted by molar-refractivity contribution is -0.0223. The molecule has 3 nitrogen and oxygen atoms in total. The van der Waals surface area contributed by atoms with Gasteiger partial charge in [-0.25, -0.2) is 4.39 Å². The van der Waals surface area contributed by atoms with Gasteiger partial charge in [0.15, 0.2) is 0 Å². The van der Waals surface area contributed by atoms with Gasteiger partial charge >= 0.3 is 0 Å². The molecule has 0 aromatic heterocycles. The monoisotopic (exact) mass is 405 g/mol. The van der Waals surface area contributed by atoms with Crippen molar-refractivity contribution in [1.29, 1.82) is 0 Å². The van der Waals surface area contributed by atoms with Crippen molar-refractivity contribution in [3.8, 4) is 0 Å². The lowest BCUT2D eigenvalue weighted by atomic mass is 9.73. The van der Waals surface area contributed by atoms with Crippen LogP contribution in [0.25, 0.3) is 0 Å². The lowest BCUT2D eigenvalue weighted by Crippen LogP contribution is -2.45. The van der Waals surface area contributed by atoms with Crippen molar-refractivity contribution in [1.82, 2.24) is 4.90 Å². The van der Waals surface area contributed by atoms with E-state index < -0.39 is 5.60 Å². The zero-order valence-electron chi connectivity index (χ0n) is 17.1. The predicted molar refractivity (Wildman–Crippen MR) is 117 cm³/mol. The molecule has 4 heteroatoms. The van der Waals surface area contributed by atoms with Crippen LogP contribution in [0.1, 0.15) is 22.6 Å². The van der Waals surface area contributed by atoms with Gasteiger partial charge in [0.05, 0.1) is 13.2 Å². The molecule has 156 valence electrons. The minimum Gasteiger partial charge on any atom is -0.384 e. The van der Waals surface area contributed by atoms with Crippen molar-refractivity contribution >= 4 is 0 Å². The molecule has 1 saturated heterocycles. The molecule has 1 heterocycles. The highest BCUT2D eigenvalue weighted by Gasteiger charge is 2.40. The zero-order chi connectivity index (χ0) is 20.8. The van der Waals surface area contributed by atoms with E-state index >= 15 is 0 Å². The zero-order valence-corrected chi connectivity index (χ0v) is 17.1. The molecule has 0 radical (unpaired) electrons. The number of aliphatic hydroxyl groups is 1. The molecular weight excluding hydrogens is 377 g/mol. The van der Waals surface area contributed by atoms with Crippen LogP contribution in [-0.2, 0) is 16.8 Å². The Morgan fingerprint density at radius 1 is 0.867 bits per heavy atom. The molecule has 0 saturated carbocycles. The number of halogens is 1. The number of ether oxygens (including phenoxy) is 1. The Morgan fingerprint density at radius 2 is 1.47 bits per heavy atom. The standard InChI is InChI=1S/C26H28FNO2/c27-24-13-11-23(12-14-24)26(29,19-21-7-3-1-4-8-21)25(22-9-5-2-6-10-22)20-28-15-17-30-18-16-28/h1-14,25,29H,15-20H2. The second kappa shape index (κ2) is 9.52. The van der Waals surface area contributed by atoms with Crippen LogP contribution in [-0.4, -0.2) is 42.9 Å². The van der Waals surface area contributed by atoms with Gasteiger partial charge in [0.1, 0.15) is 11.4 Å². The van der Waals surface area contributed by atoms with Crippen molar-refractivity contribution < 1.29 is 14.2 Å². The van der Waals surface area contributed by atoms with Crippen LogP contribution in [0.5, 0.6) is 0 Å². The molecular formula is C26H28FNO2. The molecule has 1 aliphatic heterocycles. The van der Waals surface area contributed by atoms with Gasteiger partial charge in [-0.05, 0) is 28.8 Å². The molecule has 1 aliphatic rings. The van der Waals surface area contributed by atoms with E-state index in [4.69, 9.17) is 4.74 Å². The van der Waals surface area contributed by atoms with E-state index in [2.05, 4.69) is 17.0 Å². The van der Waals surface area contributed by atoms with Crippen molar-refractivity contribution in [3.63, 3.8) is 0 Å². The minimum atomic E-state index is -1.19. The van der Waals surface area contributed by atoms with Gasteiger partial charge in [-0.15, -0.1) is 0 Å². The molecule has 0 bridgehead atoms. The Kier molecular flexibility index (Phi) is 6.58. The highest BCUT2D eigenvalue weighted by molar-refractivity contribution is 5.34. The Labute approximate surface area is 177 Å². The van der Waals surface area contributed by atoms with Crippen LogP contribution >= 0.6 is 0 Å². The predicted octanol–water partition coefficient (Wildman–Crippen LogP) is 4.37. The summed E-state index contributed by atoms with van der Waals surface area (Å²) in [4.78, 5) is 2.35. The summed E-state index contributed by atoms with van der Waals surface area (Å²) < 4.78 is 19.2. The van der Waals surface area contributed by atoms with Gasteiger partial charge in [0.2, 0.25) is 0 Å². The Bertz CT molecular complexity index is 911. The number of rotatable bonds is 7. The Balaban J connectivity index is 1.77. The van der Waals surface area contributed by atoms with E-state index in [1.165, 1.54) is 12.1 Å². The van der Waals surface area contributed by atoms with Crippen LogP contribution in [0.4, 0.5) is 4.39 Å². The molecule has 0 aliphatic carbocycles. The first-order valence-electron chi connectivity index (χ1n) is 10.5. The number of nitrogens with zero attached hydrogens (tertiary/aromatic N) is 1. The van der Waals surface area contributed by atoms with Crippen molar-refractivity contribution in [2.45, 2.75) is 17.9 Å². The van der Waals surface area contributed by atoms with Crippen LogP contribution in [0.3, 0.4) is 0 Å². The van der Waals surface area contributed by atoms with E-state index in [1.807, 2.05) is 48.5 Å². The van der Waals surface area contributed by atoms with Crippen molar-refractivity contribution in [2.75, 3.05) is 32.8 Å². The first kappa shape index (κ1) is 20.7. The summed E-state index contributed by atoms with van der Waals surface area (Å²) in [6.45, 7) is 3.79. The summed E-state index contributed by atoms with van der Waals surface area (Å²) in [5, 5.41) is 12.3. The number of benzene rings is 3. The van der Waals surface area contributed by atoms with E-state index in [0.29, 0.717) is 26.2 Å². The fourth-order valence-electron chi connectivity index (χ4n) is 4.33. The van der Waals surface area contributed by atoms with Gasteiger partial charge in [0.25, 0.3) is 0 Å². The summed E-state index contributed by atoms with van der Waals surface area (Å²) >= 11 is 0. The highest BCUT2D eigenvalue weighted by Crippen LogP contribution is 2.40. The molecule has 2 unspecified atom stereocenters. The molecule has 1 N–H and O–H groups in total. The average Bonchev–Trinajstić information content (AvgIpc) is 2.80. The number of morpholine rings is 1. The fourth-order valence-corrected chi connectivity index (χ4v) is 4.33. The third-order valence-corrected chi connectivity index (χ3v) is 5.98. The summed E-state index contributed by atoms with van der Waals surface area (Å²) in [7, 11) is 0.